The molecule has 1 aliphatic rings. The molecule has 1 N–H and O–H groups in total. The molecule has 0 aromatic heterocycles. The van der Waals surface area contributed by atoms with E-state index in [0.29, 0.717) is 19.1 Å². The van der Waals surface area contributed by atoms with Gasteiger partial charge in [-0.3, -0.25) is 4.79 Å². The van der Waals surface area contributed by atoms with Crippen LogP contribution < -0.4 is 5.32 Å². The zero-order chi connectivity index (χ0) is 11.9. The summed E-state index contributed by atoms with van der Waals surface area (Å²) in [6, 6.07) is 10.3. The highest BCUT2D eigenvalue weighted by molar-refractivity contribution is 5.69. The number of carbonyl (C=O) groups excluding carboxylic acids is 1. The summed E-state index contributed by atoms with van der Waals surface area (Å²) in [6.07, 6.45) is 3.83. The number of rotatable bonds is 5. The van der Waals surface area contributed by atoms with Gasteiger partial charge in [0.15, 0.2) is 0 Å². The van der Waals surface area contributed by atoms with E-state index in [0.717, 1.165) is 18.5 Å². The van der Waals surface area contributed by atoms with Crippen LogP contribution in [-0.4, -0.2) is 18.6 Å². The lowest BCUT2D eigenvalue weighted by Crippen LogP contribution is -2.22. The van der Waals surface area contributed by atoms with Gasteiger partial charge in [0.2, 0.25) is 0 Å². The standard InChI is InChI=1S/C14H19NO2/c16-14(9-8-13-7-4-10-15-13)17-11-12-5-2-1-3-6-12/h1-3,5-6,13,15H,4,7-11H2/t13-/m1/s1. The fourth-order valence-corrected chi connectivity index (χ4v) is 2.11. The molecule has 1 fully saturated rings. The SMILES string of the molecule is O=C(CC[C@H]1CCCN1)OCc1ccccc1. The van der Waals surface area contributed by atoms with Gasteiger partial charge in [-0.2, -0.15) is 0 Å². The lowest BCUT2D eigenvalue weighted by Gasteiger charge is -2.09. The molecule has 3 nitrogen and oxygen atoms in total. The van der Waals surface area contributed by atoms with Crippen molar-refractivity contribution in [3.05, 3.63) is 35.9 Å². The van der Waals surface area contributed by atoms with Crippen molar-refractivity contribution < 1.29 is 9.53 Å². The third-order valence-electron chi connectivity index (χ3n) is 3.10. The van der Waals surface area contributed by atoms with Gasteiger partial charge in [-0.25, -0.2) is 0 Å². The molecule has 0 bridgehead atoms. The van der Waals surface area contributed by atoms with Crippen LogP contribution in [0.4, 0.5) is 0 Å². The van der Waals surface area contributed by atoms with E-state index < -0.39 is 0 Å². The molecule has 17 heavy (non-hydrogen) atoms. The van der Waals surface area contributed by atoms with Crippen molar-refractivity contribution in [2.24, 2.45) is 0 Å². The van der Waals surface area contributed by atoms with E-state index in [4.69, 9.17) is 4.74 Å². The molecule has 1 heterocycles. The number of carbonyl (C=O) groups is 1. The summed E-state index contributed by atoms with van der Waals surface area (Å²) in [5, 5.41) is 3.38. The first-order valence-electron chi connectivity index (χ1n) is 6.27. The number of esters is 1. The summed E-state index contributed by atoms with van der Waals surface area (Å²) in [5.41, 5.74) is 1.04. The Morgan fingerprint density at radius 2 is 2.18 bits per heavy atom. The molecule has 0 spiro atoms. The highest BCUT2D eigenvalue weighted by atomic mass is 16.5. The van der Waals surface area contributed by atoms with Crippen LogP contribution in [0.25, 0.3) is 0 Å². The summed E-state index contributed by atoms with van der Waals surface area (Å²) in [5.74, 6) is -0.0949. The predicted octanol–water partition coefficient (Wildman–Crippen LogP) is 2.26. The van der Waals surface area contributed by atoms with Crippen LogP contribution in [0.3, 0.4) is 0 Å². The van der Waals surface area contributed by atoms with E-state index in [1.165, 1.54) is 12.8 Å². The van der Waals surface area contributed by atoms with E-state index in [-0.39, 0.29) is 5.97 Å². The average Bonchev–Trinajstić information content (AvgIpc) is 2.88. The highest BCUT2D eigenvalue weighted by Crippen LogP contribution is 2.11. The Morgan fingerprint density at radius 1 is 1.35 bits per heavy atom. The Kier molecular flexibility index (Phi) is 4.56. The number of benzene rings is 1. The number of hydrogen-bond donors (Lipinski definition) is 1. The lowest BCUT2D eigenvalue weighted by atomic mass is 10.1. The molecule has 1 atom stereocenters. The summed E-state index contributed by atoms with van der Waals surface area (Å²) in [4.78, 5) is 11.5. The normalized spacial score (nSPS) is 19.2. The third kappa shape index (κ3) is 4.19. The topological polar surface area (TPSA) is 38.3 Å². The Morgan fingerprint density at radius 3 is 2.88 bits per heavy atom. The molecule has 0 saturated carbocycles. The quantitative estimate of drug-likeness (QED) is 0.793. The van der Waals surface area contributed by atoms with Crippen molar-refractivity contribution >= 4 is 5.97 Å². The second kappa shape index (κ2) is 6.40. The Hall–Kier alpha value is -1.35. The van der Waals surface area contributed by atoms with E-state index in [1.807, 2.05) is 30.3 Å². The van der Waals surface area contributed by atoms with Crippen LogP contribution in [0.5, 0.6) is 0 Å². The molecule has 1 aromatic rings. The van der Waals surface area contributed by atoms with Gasteiger partial charge in [0.25, 0.3) is 0 Å². The molecule has 2 rings (SSSR count). The van der Waals surface area contributed by atoms with Crippen LogP contribution in [0, 0.1) is 0 Å². The van der Waals surface area contributed by atoms with Crippen LogP contribution in [0.1, 0.15) is 31.2 Å². The van der Waals surface area contributed by atoms with E-state index in [1.54, 1.807) is 0 Å². The molecule has 3 heteroatoms. The summed E-state index contributed by atoms with van der Waals surface area (Å²) in [7, 11) is 0. The van der Waals surface area contributed by atoms with E-state index in [9.17, 15) is 4.79 Å². The monoisotopic (exact) mass is 233 g/mol. The molecule has 0 unspecified atom stereocenters. The molecule has 0 radical (unpaired) electrons. The van der Waals surface area contributed by atoms with Gasteiger partial charge in [0, 0.05) is 12.5 Å². The molecule has 1 aromatic carbocycles. The molecule has 92 valence electrons. The van der Waals surface area contributed by atoms with Crippen LogP contribution >= 0.6 is 0 Å². The summed E-state index contributed by atoms with van der Waals surface area (Å²) >= 11 is 0. The second-order valence-electron chi connectivity index (χ2n) is 4.48. The first-order chi connectivity index (χ1) is 8.34. The number of nitrogens with one attached hydrogen (secondary N) is 1. The summed E-state index contributed by atoms with van der Waals surface area (Å²) < 4.78 is 5.22. The Balaban J connectivity index is 1.64. The molecular formula is C14H19NO2. The zero-order valence-electron chi connectivity index (χ0n) is 10.0. The summed E-state index contributed by atoms with van der Waals surface area (Å²) in [6.45, 7) is 1.47. The van der Waals surface area contributed by atoms with Gasteiger partial charge in [-0.15, -0.1) is 0 Å². The van der Waals surface area contributed by atoms with E-state index >= 15 is 0 Å². The minimum absolute atomic E-state index is 0.0949. The van der Waals surface area contributed by atoms with Gasteiger partial charge in [-0.1, -0.05) is 30.3 Å². The molecule has 0 amide bonds. The van der Waals surface area contributed by atoms with Gasteiger partial charge < -0.3 is 10.1 Å². The van der Waals surface area contributed by atoms with Crippen LogP contribution in [0.2, 0.25) is 0 Å². The largest absolute Gasteiger partial charge is 0.461 e. The highest BCUT2D eigenvalue weighted by Gasteiger charge is 2.15. The maximum absolute atomic E-state index is 11.5. The smallest absolute Gasteiger partial charge is 0.306 e. The third-order valence-corrected chi connectivity index (χ3v) is 3.10. The number of ether oxygens (including phenoxy) is 1. The Bertz CT molecular complexity index is 344. The fourth-order valence-electron chi connectivity index (χ4n) is 2.11. The van der Waals surface area contributed by atoms with Crippen molar-refractivity contribution in [2.75, 3.05) is 6.54 Å². The lowest BCUT2D eigenvalue weighted by molar-refractivity contribution is -0.145. The minimum atomic E-state index is -0.0949. The first kappa shape index (κ1) is 12.1. The van der Waals surface area contributed by atoms with E-state index in [2.05, 4.69) is 5.32 Å². The van der Waals surface area contributed by atoms with Crippen molar-refractivity contribution in [3.63, 3.8) is 0 Å². The predicted molar refractivity (Wildman–Crippen MR) is 66.5 cm³/mol. The van der Waals surface area contributed by atoms with Crippen LogP contribution in [-0.2, 0) is 16.1 Å². The first-order valence-corrected chi connectivity index (χ1v) is 6.27. The van der Waals surface area contributed by atoms with Gasteiger partial charge in [0.05, 0.1) is 0 Å². The van der Waals surface area contributed by atoms with Gasteiger partial charge in [0.1, 0.15) is 6.61 Å². The van der Waals surface area contributed by atoms with Gasteiger partial charge in [-0.05, 0) is 31.4 Å². The van der Waals surface area contributed by atoms with Gasteiger partial charge >= 0.3 is 5.97 Å². The van der Waals surface area contributed by atoms with Crippen molar-refractivity contribution in [2.45, 2.75) is 38.3 Å². The second-order valence-corrected chi connectivity index (χ2v) is 4.48. The van der Waals surface area contributed by atoms with Crippen molar-refractivity contribution in [1.29, 1.82) is 0 Å². The number of hydrogen-bond acceptors (Lipinski definition) is 3. The Labute approximate surface area is 102 Å². The minimum Gasteiger partial charge on any atom is -0.461 e. The molecule has 1 aliphatic heterocycles. The fraction of sp³-hybridized carbons (Fsp3) is 0.500. The molecule has 1 saturated heterocycles. The van der Waals surface area contributed by atoms with Crippen molar-refractivity contribution in [1.82, 2.24) is 5.32 Å². The van der Waals surface area contributed by atoms with Crippen LogP contribution in [0.15, 0.2) is 30.3 Å². The molecule has 0 aliphatic carbocycles. The maximum atomic E-state index is 11.5. The molecular weight excluding hydrogens is 214 g/mol. The average molecular weight is 233 g/mol. The maximum Gasteiger partial charge on any atom is 0.306 e. The zero-order valence-corrected chi connectivity index (χ0v) is 10.0. The van der Waals surface area contributed by atoms with Crippen molar-refractivity contribution in [3.8, 4) is 0 Å².